The Balaban J connectivity index is 1.54. The van der Waals surface area contributed by atoms with Crippen molar-refractivity contribution in [2.75, 3.05) is 7.05 Å². The van der Waals surface area contributed by atoms with Crippen molar-refractivity contribution >= 4 is 34.5 Å². The lowest BCUT2D eigenvalue weighted by atomic mass is 9.90. The van der Waals surface area contributed by atoms with Crippen molar-refractivity contribution in [3.05, 3.63) is 41.0 Å². The van der Waals surface area contributed by atoms with Crippen molar-refractivity contribution < 1.29 is 14.3 Å². The van der Waals surface area contributed by atoms with Gasteiger partial charge in [0.2, 0.25) is 0 Å². The molecule has 156 valence electrons. The van der Waals surface area contributed by atoms with Crippen LogP contribution >= 0.6 is 11.6 Å². The number of halogens is 1. The maximum atomic E-state index is 12.6. The highest BCUT2D eigenvalue weighted by atomic mass is 35.5. The number of nitrogens with zero attached hydrogens (tertiary/aromatic N) is 2. The van der Waals surface area contributed by atoms with Crippen LogP contribution in [-0.4, -0.2) is 46.6 Å². The Labute approximate surface area is 176 Å². The third kappa shape index (κ3) is 5.60. The third-order valence-corrected chi connectivity index (χ3v) is 5.38. The molecule has 0 radical (unpaired) electrons. The van der Waals surface area contributed by atoms with Gasteiger partial charge >= 0.3 is 6.09 Å². The van der Waals surface area contributed by atoms with E-state index in [2.05, 4.69) is 10.3 Å². The topological polar surface area (TPSA) is 71.5 Å². The number of amides is 2. The zero-order chi connectivity index (χ0) is 21.2. The van der Waals surface area contributed by atoms with E-state index in [4.69, 9.17) is 16.3 Å². The second-order valence-electron chi connectivity index (χ2n) is 8.60. The van der Waals surface area contributed by atoms with Gasteiger partial charge in [-0.1, -0.05) is 17.7 Å². The fourth-order valence-electron chi connectivity index (χ4n) is 3.57. The normalized spacial score (nSPS) is 19.6. The molecule has 1 fully saturated rings. The Bertz CT molecular complexity index is 902. The Kier molecular flexibility index (Phi) is 6.32. The first-order chi connectivity index (χ1) is 13.6. The lowest BCUT2D eigenvalue weighted by Crippen LogP contribution is -2.46. The molecule has 0 spiro atoms. The second-order valence-corrected chi connectivity index (χ2v) is 9.04. The molecule has 3 rings (SSSR count). The van der Waals surface area contributed by atoms with E-state index in [1.807, 2.05) is 39.0 Å². The minimum atomic E-state index is -0.505. The van der Waals surface area contributed by atoms with Gasteiger partial charge in [0.25, 0.3) is 5.91 Å². The second kappa shape index (κ2) is 8.57. The number of benzene rings is 1. The first kappa shape index (κ1) is 21.4. The molecule has 1 heterocycles. The van der Waals surface area contributed by atoms with Crippen molar-refractivity contribution in [1.82, 2.24) is 15.2 Å². The largest absolute Gasteiger partial charge is 0.444 e. The van der Waals surface area contributed by atoms with Crippen LogP contribution in [0.5, 0.6) is 0 Å². The molecular weight excluding hydrogens is 390 g/mol. The molecule has 0 unspecified atom stereocenters. The fourth-order valence-corrected chi connectivity index (χ4v) is 3.75. The standard InChI is InChI=1S/C22H28ClN3O3/c1-22(2,3)29-21(28)26(4)17-9-7-16(8-10-17)24-20(27)19-11-5-14-13-15(23)6-12-18(14)25-19/h5-6,11-13,16-17H,7-10H2,1-4H3,(H,24,27)/t16-,17-. The molecule has 2 aromatic rings. The molecule has 1 N–H and O–H groups in total. The summed E-state index contributed by atoms with van der Waals surface area (Å²) in [7, 11) is 1.78. The third-order valence-electron chi connectivity index (χ3n) is 5.15. The first-order valence-electron chi connectivity index (χ1n) is 9.95. The van der Waals surface area contributed by atoms with E-state index in [1.54, 1.807) is 24.1 Å². The highest BCUT2D eigenvalue weighted by molar-refractivity contribution is 6.31. The summed E-state index contributed by atoms with van der Waals surface area (Å²) in [5, 5.41) is 4.62. The molecule has 29 heavy (non-hydrogen) atoms. The van der Waals surface area contributed by atoms with Gasteiger partial charge in [0.05, 0.1) is 5.52 Å². The predicted molar refractivity (Wildman–Crippen MR) is 114 cm³/mol. The highest BCUT2D eigenvalue weighted by Crippen LogP contribution is 2.24. The number of carbonyl (C=O) groups is 2. The Morgan fingerprint density at radius 2 is 1.83 bits per heavy atom. The Morgan fingerprint density at radius 3 is 2.48 bits per heavy atom. The number of carbonyl (C=O) groups excluding carboxylic acids is 2. The van der Waals surface area contributed by atoms with Gasteiger partial charge in [0.1, 0.15) is 11.3 Å². The zero-order valence-electron chi connectivity index (χ0n) is 17.4. The van der Waals surface area contributed by atoms with Crippen LogP contribution in [0.2, 0.25) is 5.02 Å². The summed E-state index contributed by atoms with van der Waals surface area (Å²) in [6.07, 6.45) is 2.97. The molecule has 0 aliphatic heterocycles. The van der Waals surface area contributed by atoms with Gasteiger partial charge in [0.15, 0.2) is 0 Å². The van der Waals surface area contributed by atoms with Crippen LogP contribution in [0.4, 0.5) is 4.79 Å². The number of nitrogens with one attached hydrogen (secondary N) is 1. The SMILES string of the molecule is CN(C(=O)OC(C)(C)C)[C@H]1CC[C@H](NC(=O)c2ccc3cc(Cl)ccc3n2)CC1. The van der Waals surface area contributed by atoms with Crippen LogP contribution in [-0.2, 0) is 4.74 Å². The van der Waals surface area contributed by atoms with E-state index in [9.17, 15) is 9.59 Å². The van der Waals surface area contributed by atoms with Crippen LogP contribution in [0.15, 0.2) is 30.3 Å². The van der Waals surface area contributed by atoms with Gasteiger partial charge in [-0.2, -0.15) is 0 Å². The molecule has 7 heteroatoms. The molecule has 1 aromatic heterocycles. The van der Waals surface area contributed by atoms with Crippen LogP contribution in [0, 0.1) is 0 Å². The molecule has 6 nitrogen and oxygen atoms in total. The number of aromatic nitrogens is 1. The van der Waals surface area contributed by atoms with Gasteiger partial charge in [-0.05, 0) is 70.7 Å². The molecule has 1 aliphatic carbocycles. The van der Waals surface area contributed by atoms with E-state index < -0.39 is 5.60 Å². The molecule has 1 saturated carbocycles. The van der Waals surface area contributed by atoms with Gasteiger partial charge in [-0.3, -0.25) is 4.79 Å². The van der Waals surface area contributed by atoms with Crippen molar-refractivity contribution in [2.45, 2.75) is 64.1 Å². The van der Waals surface area contributed by atoms with Crippen molar-refractivity contribution in [3.63, 3.8) is 0 Å². The van der Waals surface area contributed by atoms with E-state index in [-0.39, 0.29) is 24.1 Å². The minimum absolute atomic E-state index is 0.0773. The molecule has 1 aromatic carbocycles. The first-order valence-corrected chi connectivity index (χ1v) is 10.3. The van der Waals surface area contributed by atoms with Crippen molar-refractivity contribution in [1.29, 1.82) is 0 Å². The van der Waals surface area contributed by atoms with Gasteiger partial charge in [-0.25, -0.2) is 9.78 Å². The maximum absolute atomic E-state index is 12.6. The van der Waals surface area contributed by atoms with Gasteiger partial charge in [-0.15, -0.1) is 0 Å². The lowest BCUT2D eigenvalue weighted by Gasteiger charge is -2.35. The number of pyridine rings is 1. The van der Waals surface area contributed by atoms with Crippen molar-refractivity contribution in [2.24, 2.45) is 0 Å². The molecule has 0 bridgehead atoms. The quantitative estimate of drug-likeness (QED) is 0.778. The molecule has 0 atom stereocenters. The average Bonchev–Trinajstić information content (AvgIpc) is 2.66. The van der Waals surface area contributed by atoms with Gasteiger partial charge < -0.3 is 15.0 Å². The van der Waals surface area contributed by atoms with E-state index in [0.717, 1.165) is 36.6 Å². The summed E-state index contributed by atoms with van der Waals surface area (Å²) >= 11 is 6.00. The minimum Gasteiger partial charge on any atom is -0.444 e. The Hall–Kier alpha value is -2.34. The average molecular weight is 418 g/mol. The number of ether oxygens (including phenoxy) is 1. The fraction of sp³-hybridized carbons (Fsp3) is 0.500. The molecule has 2 amide bonds. The van der Waals surface area contributed by atoms with E-state index in [0.29, 0.717) is 10.7 Å². The Morgan fingerprint density at radius 1 is 1.14 bits per heavy atom. The summed E-state index contributed by atoms with van der Waals surface area (Å²) in [6, 6.07) is 9.18. The monoisotopic (exact) mass is 417 g/mol. The molecular formula is C22H28ClN3O3. The van der Waals surface area contributed by atoms with Gasteiger partial charge in [0, 0.05) is 29.5 Å². The maximum Gasteiger partial charge on any atom is 0.410 e. The summed E-state index contributed by atoms with van der Waals surface area (Å²) in [5.74, 6) is -0.175. The van der Waals surface area contributed by atoms with Crippen LogP contribution in [0.1, 0.15) is 56.9 Å². The zero-order valence-corrected chi connectivity index (χ0v) is 18.1. The summed E-state index contributed by atoms with van der Waals surface area (Å²) in [5.41, 5.74) is 0.631. The molecule has 1 aliphatic rings. The van der Waals surface area contributed by atoms with Crippen LogP contribution in [0.3, 0.4) is 0 Å². The number of hydrogen-bond acceptors (Lipinski definition) is 4. The van der Waals surface area contributed by atoms with Crippen LogP contribution in [0.25, 0.3) is 10.9 Å². The number of rotatable bonds is 3. The summed E-state index contributed by atoms with van der Waals surface area (Å²) < 4.78 is 5.45. The van der Waals surface area contributed by atoms with Crippen LogP contribution < -0.4 is 5.32 Å². The predicted octanol–water partition coefficient (Wildman–Crippen LogP) is 4.80. The number of hydrogen-bond donors (Lipinski definition) is 1. The van der Waals surface area contributed by atoms with Crippen molar-refractivity contribution in [3.8, 4) is 0 Å². The molecule has 0 saturated heterocycles. The number of fused-ring (bicyclic) bond motifs is 1. The summed E-state index contributed by atoms with van der Waals surface area (Å²) in [4.78, 5) is 31.0. The summed E-state index contributed by atoms with van der Waals surface area (Å²) in [6.45, 7) is 5.59. The lowest BCUT2D eigenvalue weighted by molar-refractivity contribution is 0.0178. The van der Waals surface area contributed by atoms with E-state index >= 15 is 0 Å². The van der Waals surface area contributed by atoms with E-state index in [1.165, 1.54) is 0 Å². The smallest absolute Gasteiger partial charge is 0.410 e. The highest BCUT2D eigenvalue weighted by Gasteiger charge is 2.30.